The average molecular weight is 723 g/mol. The lowest BCUT2D eigenvalue weighted by atomic mass is 10.0. The minimum Gasteiger partial charge on any atom is -0.462 e. The first kappa shape index (κ1) is 47.8. The summed E-state index contributed by atoms with van der Waals surface area (Å²) in [5.41, 5.74) is 0. The molecular weight excluding hydrogens is 651 g/mol. The molecule has 0 fully saturated rings. The van der Waals surface area contributed by atoms with Gasteiger partial charge in [0.2, 0.25) is 0 Å². The SMILES string of the molecule is CC/C=C\C/C=C\C/C=C\C/C=C\C/C=C\CCCC(=O)OC(COC(=O)CCCCCCCCCCCCCCCC)COP(=O)(O)OC. The summed E-state index contributed by atoms with van der Waals surface area (Å²) in [5.74, 6) is -0.874. The zero-order chi connectivity index (χ0) is 36.8. The number of ether oxygens (including phenoxy) is 2. The number of carbonyl (C=O) groups excluding carboxylic acids is 2. The van der Waals surface area contributed by atoms with Gasteiger partial charge >= 0.3 is 19.8 Å². The maximum absolute atomic E-state index is 12.4. The van der Waals surface area contributed by atoms with Crippen LogP contribution in [-0.2, 0) is 32.7 Å². The topological polar surface area (TPSA) is 108 Å². The van der Waals surface area contributed by atoms with E-state index in [1.165, 1.54) is 70.6 Å². The minimum absolute atomic E-state index is 0.166. The summed E-state index contributed by atoms with van der Waals surface area (Å²) >= 11 is 0. The third kappa shape index (κ3) is 35.6. The number of esters is 2. The standard InChI is InChI=1S/C41H71O8P/c1-4-6-8-10-12-14-16-18-20-21-22-24-26-28-30-32-34-36-41(43)49-39(38-48-50(44,45)46-3)37-47-40(42)35-33-31-29-27-25-23-19-17-15-13-11-9-7-5-2/h6,8,12,14,18,20,22,24,28,30,39H,4-5,7,9-11,13,15-17,19,21,23,25-27,29,31-38H2,1-3H3,(H,44,45)/b8-6-,14-12-,20-18-,24-22-,30-28-. The first-order valence-electron chi connectivity index (χ1n) is 19.5. The number of phosphoric acid groups is 1. The number of rotatable bonds is 35. The van der Waals surface area contributed by atoms with Gasteiger partial charge in [-0.25, -0.2) is 4.57 Å². The van der Waals surface area contributed by atoms with Gasteiger partial charge in [-0.05, 0) is 51.4 Å². The lowest BCUT2D eigenvalue weighted by Gasteiger charge is -2.19. The molecule has 50 heavy (non-hydrogen) atoms. The molecule has 0 aliphatic carbocycles. The van der Waals surface area contributed by atoms with Gasteiger partial charge in [0.25, 0.3) is 0 Å². The number of unbranched alkanes of at least 4 members (excludes halogenated alkanes) is 14. The molecule has 0 radical (unpaired) electrons. The first-order valence-corrected chi connectivity index (χ1v) is 21.0. The molecule has 2 unspecified atom stereocenters. The predicted octanol–water partition coefficient (Wildman–Crippen LogP) is 12.0. The molecule has 0 saturated heterocycles. The van der Waals surface area contributed by atoms with Gasteiger partial charge in [0.1, 0.15) is 6.61 Å². The van der Waals surface area contributed by atoms with Gasteiger partial charge in [0.05, 0.1) is 6.61 Å². The Hall–Kier alpha value is -2.25. The van der Waals surface area contributed by atoms with E-state index in [-0.39, 0.29) is 25.4 Å². The second-order valence-electron chi connectivity index (χ2n) is 12.7. The van der Waals surface area contributed by atoms with Gasteiger partial charge in [-0.1, -0.05) is 158 Å². The van der Waals surface area contributed by atoms with Crippen molar-refractivity contribution < 1.29 is 37.6 Å². The van der Waals surface area contributed by atoms with Crippen molar-refractivity contribution in [1.82, 2.24) is 0 Å². The molecule has 0 bridgehead atoms. The summed E-state index contributed by atoms with van der Waals surface area (Å²) in [6, 6.07) is 0. The summed E-state index contributed by atoms with van der Waals surface area (Å²) in [7, 11) is -3.23. The van der Waals surface area contributed by atoms with Crippen LogP contribution >= 0.6 is 7.82 Å². The van der Waals surface area contributed by atoms with Crippen LogP contribution in [0.4, 0.5) is 0 Å². The van der Waals surface area contributed by atoms with Gasteiger partial charge < -0.3 is 14.4 Å². The molecule has 2 atom stereocenters. The Kier molecular flexibility index (Phi) is 34.9. The van der Waals surface area contributed by atoms with Crippen molar-refractivity contribution in [3.05, 3.63) is 60.8 Å². The smallest absolute Gasteiger partial charge is 0.462 e. The van der Waals surface area contributed by atoms with Crippen molar-refractivity contribution in [1.29, 1.82) is 0 Å². The number of hydrogen-bond acceptors (Lipinski definition) is 7. The normalized spacial score (nSPS) is 14.1. The molecule has 288 valence electrons. The maximum Gasteiger partial charge on any atom is 0.472 e. The number of carbonyl (C=O) groups is 2. The molecule has 0 heterocycles. The second-order valence-corrected chi connectivity index (χ2v) is 14.2. The molecule has 0 aromatic heterocycles. The van der Waals surface area contributed by atoms with Crippen molar-refractivity contribution >= 4 is 19.8 Å². The molecule has 0 aliphatic rings. The minimum atomic E-state index is -4.27. The van der Waals surface area contributed by atoms with E-state index in [1.807, 2.05) is 6.08 Å². The van der Waals surface area contributed by atoms with Crippen LogP contribution in [-0.4, -0.2) is 43.3 Å². The van der Waals surface area contributed by atoms with Gasteiger partial charge in [0, 0.05) is 20.0 Å². The zero-order valence-corrected chi connectivity index (χ0v) is 32.7. The maximum atomic E-state index is 12.4. The van der Waals surface area contributed by atoms with Gasteiger partial charge in [-0.2, -0.15) is 0 Å². The molecule has 1 N–H and O–H groups in total. The van der Waals surface area contributed by atoms with E-state index >= 15 is 0 Å². The Morgan fingerprint density at radius 1 is 0.580 bits per heavy atom. The van der Waals surface area contributed by atoms with Gasteiger partial charge in [0.15, 0.2) is 6.10 Å². The Morgan fingerprint density at radius 2 is 1.02 bits per heavy atom. The Morgan fingerprint density at radius 3 is 1.50 bits per heavy atom. The van der Waals surface area contributed by atoms with Crippen LogP contribution in [0.5, 0.6) is 0 Å². The third-order valence-electron chi connectivity index (χ3n) is 8.03. The number of hydrogen-bond donors (Lipinski definition) is 1. The van der Waals surface area contributed by atoms with Crippen LogP contribution in [0.2, 0.25) is 0 Å². The quantitative estimate of drug-likeness (QED) is 0.0298. The molecule has 0 aromatic rings. The molecule has 0 aromatic carbocycles. The summed E-state index contributed by atoms with van der Waals surface area (Å²) in [4.78, 5) is 34.3. The largest absolute Gasteiger partial charge is 0.472 e. The lowest BCUT2D eigenvalue weighted by molar-refractivity contribution is -0.161. The van der Waals surface area contributed by atoms with E-state index in [0.29, 0.717) is 12.8 Å². The molecule has 0 amide bonds. The number of phosphoric ester groups is 1. The molecular formula is C41H71O8P. The van der Waals surface area contributed by atoms with Crippen LogP contribution in [0.1, 0.15) is 162 Å². The second kappa shape index (κ2) is 36.5. The highest BCUT2D eigenvalue weighted by Crippen LogP contribution is 2.42. The lowest BCUT2D eigenvalue weighted by Crippen LogP contribution is -2.29. The highest BCUT2D eigenvalue weighted by Gasteiger charge is 2.24. The highest BCUT2D eigenvalue weighted by atomic mass is 31.2. The van der Waals surface area contributed by atoms with Gasteiger partial charge in [-0.15, -0.1) is 0 Å². The predicted molar refractivity (Wildman–Crippen MR) is 207 cm³/mol. The molecule has 0 rings (SSSR count). The van der Waals surface area contributed by atoms with E-state index in [9.17, 15) is 19.0 Å². The van der Waals surface area contributed by atoms with E-state index in [2.05, 4.69) is 73.1 Å². The van der Waals surface area contributed by atoms with E-state index < -0.39 is 26.5 Å². The van der Waals surface area contributed by atoms with Crippen molar-refractivity contribution in [2.75, 3.05) is 20.3 Å². The van der Waals surface area contributed by atoms with E-state index in [1.54, 1.807) is 0 Å². The zero-order valence-electron chi connectivity index (χ0n) is 31.8. The van der Waals surface area contributed by atoms with Crippen LogP contribution in [0.25, 0.3) is 0 Å². The van der Waals surface area contributed by atoms with Crippen molar-refractivity contribution in [3.8, 4) is 0 Å². The van der Waals surface area contributed by atoms with Crippen LogP contribution in [0.15, 0.2) is 60.8 Å². The monoisotopic (exact) mass is 722 g/mol. The summed E-state index contributed by atoms with van der Waals surface area (Å²) < 4.78 is 31.8. The van der Waals surface area contributed by atoms with Gasteiger partial charge in [-0.3, -0.25) is 18.6 Å². The highest BCUT2D eigenvalue weighted by molar-refractivity contribution is 7.47. The fourth-order valence-corrected chi connectivity index (χ4v) is 5.51. The van der Waals surface area contributed by atoms with Crippen LogP contribution in [0, 0.1) is 0 Å². The fraction of sp³-hybridized carbons (Fsp3) is 0.707. The Labute approximate surface area is 305 Å². The molecule has 0 aliphatic heterocycles. The first-order chi connectivity index (χ1) is 24.3. The number of allylic oxidation sites excluding steroid dienone is 10. The summed E-state index contributed by atoms with van der Waals surface area (Å²) in [6.07, 6.45) is 44.2. The Bertz CT molecular complexity index is 1000. The van der Waals surface area contributed by atoms with E-state index in [0.717, 1.165) is 58.5 Å². The Balaban J connectivity index is 4.16. The molecule has 9 heteroatoms. The summed E-state index contributed by atoms with van der Waals surface area (Å²) in [6.45, 7) is 3.72. The molecule has 0 saturated carbocycles. The molecule has 8 nitrogen and oxygen atoms in total. The van der Waals surface area contributed by atoms with Crippen molar-refractivity contribution in [2.45, 2.75) is 168 Å². The summed E-state index contributed by atoms with van der Waals surface area (Å²) in [5, 5.41) is 0. The van der Waals surface area contributed by atoms with E-state index in [4.69, 9.17) is 14.0 Å². The van der Waals surface area contributed by atoms with Crippen LogP contribution < -0.4 is 0 Å². The average Bonchev–Trinajstić information content (AvgIpc) is 3.10. The third-order valence-corrected chi connectivity index (χ3v) is 8.96. The molecule has 0 spiro atoms. The fourth-order valence-electron chi connectivity index (χ4n) is 5.05. The van der Waals surface area contributed by atoms with Crippen molar-refractivity contribution in [3.63, 3.8) is 0 Å². The van der Waals surface area contributed by atoms with Crippen LogP contribution in [0.3, 0.4) is 0 Å². The van der Waals surface area contributed by atoms with Crippen molar-refractivity contribution in [2.24, 2.45) is 0 Å².